The quantitative estimate of drug-likeness (QED) is 0.875. The van der Waals surface area contributed by atoms with Gasteiger partial charge in [0.15, 0.2) is 0 Å². The molecule has 17 heavy (non-hydrogen) atoms. The zero-order valence-electron chi connectivity index (χ0n) is 9.83. The predicted octanol–water partition coefficient (Wildman–Crippen LogP) is 1.31. The third-order valence-corrected chi connectivity index (χ3v) is 4.18. The van der Waals surface area contributed by atoms with Gasteiger partial charge in [0.05, 0.1) is 11.9 Å². The van der Waals surface area contributed by atoms with Crippen molar-refractivity contribution in [3.8, 4) is 0 Å². The maximum atomic E-state index is 9.23. The lowest BCUT2D eigenvalue weighted by Crippen LogP contribution is -2.36. The molecule has 6 heteroatoms. The van der Waals surface area contributed by atoms with Gasteiger partial charge in [-0.05, 0) is 25.7 Å². The Labute approximate surface area is 104 Å². The topological polar surface area (TPSA) is 53.7 Å². The zero-order valence-corrected chi connectivity index (χ0v) is 10.7. The Morgan fingerprint density at radius 3 is 3.24 bits per heavy atom. The van der Waals surface area contributed by atoms with Gasteiger partial charge in [0.25, 0.3) is 0 Å². The van der Waals surface area contributed by atoms with Gasteiger partial charge in [-0.1, -0.05) is 11.3 Å². The summed E-state index contributed by atoms with van der Waals surface area (Å²) < 4.78 is 1.85. The molecule has 2 aromatic rings. The Morgan fingerprint density at radius 1 is 1.59 bits per heavy atom. The highest BCUT2D eigenvalue weighted by Gasteiger charge is 2.22. The number of piperidine rings is 1. The Balaban J connectivity index is 1.84. The summed E-state index contributed by atoms with van der Waals surface area (Å²) >= 11 is 1.62. The molecule has 1 saturated heterocycles. The molecule has 0 amide bonds. The van der Waals surface area contributed by atoms with Crippen molar-refractivity contribution in [3.05, 3.63) is 11.9 Å². The highest BCUT2D eigenvalue weighted by Crippen LogP contribution is 2.27. The summed E-state index contributed by atoms with van der Waals surface area (Å²) in [7, 11) is 0. The first-order valence-corrected chi connectivity index (χ1v) is 6.76. The first kappa shape index (κ1) is 11.0. The molecular weight excluding hydrogens is 236 g/mol. The van der Waals surface area contributed by atoms with E-state index in [1.807, 2.05) is 17.6 Å². The number of anilines is 1. The van der Waals surface area contributed by atoms with Crippen molar-refractivity contribution in [1.82, 2.24) is 14.6 Å². The van der Waals surface area contributed by atoms with E-state index < -0.39 is 0 Å². The maximum Gasteiger partial charge on any atom is 0.214 e. The highest BCUT2D eigenvalue weighted by atomic mass is 32.1. The van der Waals surface area contributed by atoms with E-state index in [4.69, 9.17) is 0 Å². The minimum Gasteiger partial charge on any atom is -0.396 e. The van der Waals surface area contributed by atoms with Gasteiger partial charge >= 0.3 is 0 Å². The Kier molecular flexibility index (Phi) is 2.76. The van der Waals surface area contributed by atoms with Gasteiger partial charge < -0.3 is 10.0 Å². The van der Waals surface area contributed by atoms with Crippen LogP contribution in [0.1, 0.15) is 18.5 Å². The van der Waals surface area contributed by atoms with E-state index in [2.05, 4.69) is 15.0 Å². The third-order valence-electron chi connectivity index (χ3n) is 3.20. The fourth-order valence-electron chi connectivity index (χ4n) is 2.31. The average Bonchev–Trinajstić information content (AvgIpc) is 2.86. The molecule has 2 aromatic heterocycles. The molecule has 3 rings (SSSR count). The van der Waals surface area contributed by atoms with Crippen LogP contribution in [0.25, 0.3) is 4.96 Å². The van der Waals surface area contributed by atoms with Gasteiger partial charge in [-0.2, -0.15) is 0 Å². The van der Waals surface area contributed by atoms with E-state index in [0.717, 1.165) is 41.7 Å². The van der Waals surface area contributed by atoms with Crippen LogP contribution in [0.15, 0.2) is 6.20 Å². The summed E-state index contributed by atoms with van der Waals surface area (Å²) in [5.41, 5.74) is 1.00. The number of aromatic nitrogens is 3. The summed E-state index contributed by atoms with van der Waals surface area (Å²) in [5.74, 6) is 0.390. The third kappa shape index (κ3) is 2.02. The van der Waals surface area contributed by atoms with Crippen LogP contribution in [0.4, 0.5) is 5.13 Å². The van der Waals surface area contributed by atoms with Gasteiger partial charge in [0.1, 0.15) is 0 Å². The monoisotopic (exact) mass is 252 g/mol. The van der Waals surface area contributed by atoms with Crippen LogP contribution in [0.3, 0.4) is 0 Å². The molecule has 0 aliphatic carbocycles. The van der Waals surface area contributed by atoms with Crippen molar-refractivity contribution in [1.29, 1.82) is 0 Å². The van der Waals surface area contributed by atoms with Gasteiger partial charge in [-0.3, -0.25) is 0 Å². The van der Waals surface area contributed by atoms with Gasteiger partial charge in [-0.15, -0.1) is 5.10 Å². The first-order chi connectivity index (χ1) is 8.26. The second-order valence-corrected chi connectivity index (χ2v) is 5.57. The van der Waals surface area contributed by atoms with Crippen molar-refractivity contribution in [3.63, 3.8) is 0 Å². The molecule has 1 fully saturated rings. The van der Waals surface area contributed by atoms with Crippen molar-refractivity contribution >= 4 is 21.4 Å². The van der Waals surface area contributed by atoms with Crippen LogP contribution in [-0.2, 0) is 0 Å². The first-order valence-electron chi connectivity index (χ1n) is 5.95. The summed E-state index contributed by atoms with van der Waals surface area (Å²) in [4.78, 5) is 7.62. The number of nitrogens with zero attached hydrogens (tertiary/aromatic N) is 4. The zero-order chi connectivity index (χ0) is 11.8. The van der Waals surface area contributed by atoms with Crippen molar-refractivity contribution < 1.29 is 5.11 Å². The maximum absolute atomic E-state index is 9.23. The number of imidazole rings is 1. The van der Waals surface area contributed by atoms with Crippen LogP contribution < -0.4 is 4.90 Å². The van der Waals surface area contributed by atoms with E-state index in [1.54, 1.807) is 11.3 Å². The molecule has 1 aliphatic rings. The van der Waals surface area contributed by atoms with Crippen LogP contribution in [0, 0.1) is 12.8 Å². The summed E-state index contributed by atoms with van der Waals surface area (Å²) in [5, 5.41) is 14.8. The summed E-state index contributed by atoms with van der Waals surface area (Å²) in [6, 6.07) is 0. The molecule has 3 heterocycles. The summed E-state index contributed by atoms with van der Waals surface area (Å²) in [6.07, 6.45) is 4.20. The number of aryl methyl sites for hydroxylation is 1. The molecule has 5 nitrogen and oxygen atoms in total. The molecule has 1 aliphatic heterocycles. The molecule has 0 aromatic carbocycles. The van der Waals surface area contributed by atoms with Gasteiger partial charge in [0, 0.05) is 19.7 Å². The lowest BCUT2D eigenvalue weighted by Gasteiger charge is -2.31. The smallest absolute Gasteiger partial charge is 0.214 e. The lowest BCUT2D eigenvalue weighted by molar-refractivity contribution is 0.208. The van der Waals surface area contributed by atoms with Gasteiger partial charge in [-0.25, -0.2) is 9.50 Å². The van der Waals surface area contributed by atoms with E-state index in [9.17, 15) is 5.11 Å². The SMILES string of the molecule is Cc1cn2nc(N3CCCC(CO)C3)sc2n1. The van der Waals surface area contributed by atoms with Crippen molar-refractivity contribution in [2.45, 2.75) is 19.8 Å². The molecule has 0 spiro atoms. The normalized spacial score (nSPS) is 21.3. The molecule has 1 atom stereocenters. The van der Waals surface area contributed by atoms with Crippen molar-refractivity contribution in [2.75, 3.05) is 24.6 Å². The molecule has 1 unspecified atom stereocenters. The Morgan fingerprint density at radius 2 is 2.47 bits per heavy atom. The predicted molar refractivity (Wildman–Crippen MR) is 67.6 cm³/mol. The van der Waals surface area contributed by atoms with Crippen molar-refractivity contribution in [2.24, 2.45) is 5.92 Å². The van der Waals surface area contributed by atoms with E-state index in [0.29, 0.717) is 5.92 Å². The Hall–Kier alpha value is -1.14. The van der Waals surface area contributed by atoms with Crippen LogP contribution in [0.2, 0.25) is 0 Å². The number of fused-ring (bicyclic) bond motifs is 1. The van der Waals surface area contributed by atoms with Crippen LogP contribution in [-0.4, -0.2) is 39.4 Å². The van der Waals surface area contributed by atoms with E-state index in [-0.39, 0.29) is 6.61 Å². The fraction of sp³-hybridized carbons (Fsp3) is 0.636. The minimum absolute atomic E-state index is 0.276. The number of aliphatic hydroxyl groups is 1. The summed E-state index contributed by atoms with van der Waals surface area (Å²) in [6.45, 7) is 4.19. The molecule has 0 saturated carbocycles. The number of aliphatic hydroxyl groups excluding tert-OH is 1. The molecule has 92 valence electrons. The number of hydrogen-bond acceptors (Lipinski definition) is 5. The number of hydrogen-bond donors (Lipinski definition) is 1. The number of rotatable bonds is 2. The Bertz CT molecular complexity index is 489. The lowest BCUT2D eigenvalue weighted by atomic mass is 10.00. The van der Waals surface area contributed by atoms with E-state index >= 15 is 0 Å². The standard InChI is InChI=1S/C11H16N4OS/c1-8-5-15-10(12-8)17-11(13-15)14-4-2-3-9(6-14)7-16/h5,9,16H,2-4,6-7H2,1H3. The molecular formula is C11H16N4OS. The van der Waals surface area contributed by atoms with Crippen LogP contribution in [0.5, 0.6) is 0 Å². The highest BCUT2D eigenvalue weighted by molar-refractivity contribution is 7.20. The van der Waals surface area contributed by atoms with Gasteiger partial charge in [0.2, 0.25) is 10.1 Å². The fourth-order valence-corrected chi connectivity index (χ4v) is 3.28. The second kappa shape index (κ2) is 4.27. The second-order valence-electron chi connectivity index (χ2n) is 4.63. The van der Waals surface area contributed by atoms with E-state index in [1.165, 1.54) is 0 Å². The average molecular weight is 252 g/mol. The molecule has 0 radical (unpaired) electrons. The molecule has 0 bridgehead atoms. The largest absolute Gasteiger partial charge is 0.396 e. The minimum atomic E-state index is 0.276. The van der Waals surface area contributed by atoms with Crippen LogP contribution >= 0.6 is 11.3 Å². The molecule has 1 N–H and O–H groups in total.